The second-order valence-corrected chi connectivity index (χ2v) is 30.6. The van der Waals surface area contributed by atoms with Gasteiger partial charge in [0, 0.05) is 51.5 Å². The summed E-state index contributed by atoms with van der Waals surface area (Å²) in [4.78, 5) is 290. The van der Waals surface area contributed by atoms with Gasteiger partial charge in [0.2, 0.25) is 106 Å². The van der Waals surface area contributed by atoms with E-state index in [9.17, 15) is 121 Å². The largest absolute Gasteiger partial charge is 0.481 e. The zero-order valence-corrected chi connectivity index (χ0v) is 71.1. The molecule has 17 atom stereocenters. The highest BCUT2D eigenvalue weighted by Crippen LogP contribution is 2.22. The van der Waals surface area contributed by atoms with E-state index in [2.05, 4.69) is 84.4 Å². The van der Waals surface area contributed by atoms with Gasteiger partial charge in [0.15, 0.2) is 11.9 Å². The molecule has 0 radical (unpaired) electrons. The fourth-order valence-electron chi connectivity index (χ4n) is 12.5. The SMILES string of the molecule is CC[C@H](C)[C@H](NC(=O)[C@H](CCCNC(=N)N)NC(=O)[C@@H](NC(=O)[C@H](CCC(N)=O)NC(=O)[C@H](CC(N)=O)NC(=O)[C@@H]1CCCN1C(=O)[C@H](CC(N)=O)NC(=O)[C@H](CC(=O)O)NC(=O)[C@H](CCC(=O)O)NC(=O)[C@H](CO)NC(=O)[C@H](Cc1c[nH]cn1)NC(=O)[C@@H](N)CCCNC(=N)N)[C@@H](C)CC)C(=O)N[C@@H](CC(C)C)C(=O)N[C@@H](C)C(=O)N[C@@H](CCC(N)=O)C(=O)O. The summed E-state index contributed by atoms with van der Waals surface area (Å²) < 4.78 is 0. The molecule has 2 heterocycles. The van der Waals surface area contributed by atoms with Gasteiger partial charge in [0.25, 0.3) is 0 Å². The second kappa shape index (κ2) is 54.9. The summed E-state index contributed by atoms with van der Waals surface area (Å²) in [6.45, 7) is 9.63. The van der Waals surface area contributed by atoms with Crippen LogP contribution in [0.25, 0.3) is 0 Å². The summed E-state index contributed by atoms with van der Waals surface area (Å²) in [6.07, 6.45) is -4.78. The molecule has 0 spiro atoms. The molecule has 1 aromatic heterocycles. The Balaban J connectivity index is 2.52. The van der Waals surface area contributed by atoms with Crippen molar-refractivity contribution in [3.05, 3.63) is 18.2 Å². The molecule has 1 saturated heterocycles. The minimum atomic E-state index is -2.27. The summed E-state index contributed by atoms with van der Waals surface area (Å²) in [5.41, 5.74) is 38.8. The van der Waals surface area contributed by atoms with E-state index in [0.717, 1.165) is 4.90 Å². The number of hydrogen-bond donors (Lipinski definition) is 29. The molecule has 0 aliphatic carbocycles. The van der Waals surface area contributed by atoms with Gasteiger partial charge in [-0.1, -0.05) is 54.4 Å². The summed E-state index contributed by atoms with van der Waals surface area (Å²) in [5, 5.41) is 90.2. The molecule has 2 rings (SSSR count). The normalized spacial score (nSPS) is 16.0. The Morgan fingerprint density at radius 3 is 1.34 bits per heavy atom. The maximum atomic E-state index is 14.7. The molecule has 1 fully saturated rings. The zero-order chi connectivity index (χ0) is 95.5. The number of amides is 18. The fraction of sp³-hybridized carbons (Fsp3) is 0.649. The first-order chi connectivity index (χ1) is 59.0. The lowest BCUT2D eigenvalue weighted by molar-refractivity contribution is -0.145. The number of hydrogen-bond acceptors (Lipinski definition) is 26. The number of primary amides is 4. The number of likely N-dealkylation sites (tertiary alicyclic amines) is 1. The van der Waals surface area contributed by atoms with Crippen LogP contribution in [0, 0.1) is 28.6 Å². The van der Waals surface area contributed by atoms with Crippen molar-refractivity contribution in [2.24, 2.45) is 57.9 Å². The molecular weight excluding hydrogens is 1670 g/mol. The number of aromatic amines is 1. The van der Waals surface area contributed by atoms with Crippen LogP contribution in [0.5, 0.6) is 0 Å². The van der Waals surface area contributed by atoms with E-state index >= 15 is 0 Å². The lowest BCUT2D eigenvalue weighted by atomic mass is 9.95. The van der Waals surface area contributed by atoms with Gasteiger partial charge in [-0.25, -0.2) is 9.78 Å². The van der Waals surface area contributed by atoms with Crippen molar-refractivity contribution in [3.8, 4) is 0 Å². The summed E-state index contributed by atoms with van der Waals surface area (Å²) in [7, 11) is 0. The number of rotatable bonds is 60. The number of H-pyrrole nitrogens is 1. The standard InChI is InChI=1S/C74H123N27O25/c1-8-34(5)56(69(122)91-39(14-11-23-86-74(82)83)61(114)99-57(35(6)9-2)70(123)96-43(25-33(3)4)63(116)88-36(7)58(111)92-42(72(125)126)17-20-51(77)104)100-62(115)40(16-19-50(76)103)89-65(118)45(27-52(78)105)95-68(121)49-15-12-24-101(49)71(124)47(28-53(79)106)97-66(119)46(29-55(109)110)94-60(113)41(18-21-54(107)108)90-67(120)48(31-102)98-64(117)44(26-37-30-84-32-87-37)93-59(112)38(75)13-10-22-85-73(80)81/h30,32-36,38-49,56-57,102H,8-29,31,75H2,1-7H3,(H2,76,103)(H2,77,104)(H2,78,105)(H2,79,106)(H,84,87)(H,88,116)(H,89,118)(H,90,120)(H,91,122)(H,92,111)(H,93,112)(H,94,113)(H,95,121)(H,96,123)(H,97,119)(H,98,117)(H,99,114)(H,100,115)(H,107,108)(H,109,110)(H,125,126)(H4,80,81,85)(H4,82,83,86)/t34-,35-,36-,38-,39-,40-,41-,42-,43-,44-,45-,46-,47-,48-,49-,56-,57-/m0/s1. The molecular formula is C74H123N27O25. The Hall–Kier alpha value is -13.5. The van der Waals surface area contributed by atoms with Crippen molar-refractivity contribution in [3.63, 3.8) is 0 Å². The van der Waals surface area contributed by atoms with Gasteiger partial charge < -0.3 is 150 Å². The van der Waals surface area contributed by atoms with Crippen molar-refractivity contribution in [2.75, 3.05) is 26.2 Å². The molecule has 1 aliphatic rings. The number of carboxylic acid groups (broad SMARTS) is 3. The number of aliphatic hydroxyl groups is 1. The number of carbonyl (C=O) groups is 21. The van der Waals surface area contributed by atoms with Crippen LogP contribution in [-0.4, -0.2) is 288 Å². The first-order valence-corrected chi connectivity index (χ1v) is 40.6. The van der Waals surface area contributed by atoms with Crippen LogP contribution < -0.4 is 120 Å². The Bertz CT molecular complexity index is 4020. The molecule has 0 saturated carbocycles. The molecule has 704 valence electrons. The molecule has 52 heteroatoms. The Morgan fingerprint density at radius 1 is 0.460 bits per heavy atom. The highest BCUT2D eigenvalue weighted by Gasteiger charge is 2.43. The molecule has 1 aromatic rings. The van der Waals surface area contributed by atoms with Crippen LogP contribution in [0.1, 0.15) is 170 Å². The highest BCUT2D eigenvalue weighted by molar-refractivity contribution is 6.03. The van der Waals surface area contributed by atoms with E-state index in [1.807, 2.05) is 5.32 Å². The van der Waals surface area contributed by atoms with E-state index in [0.29, 0.717) is 0 Å². The van der Waals surface area contributed by atoms with Crippen molar-refractivity contribution in [1.82, 2.24) is 94.6 Å². The smallest absolute Gasteiger partial charge is 0.326 e. The second-order valence-electron chi connectivity index (χ2n) is 30.6. The van der Waals surface area contributed by atoms with Gasteiger partial charge in [-0.3, -0.25) is 107 Å². The Morgan fingerprint density at radius 2 is 0.873 bits per heavy atom. The van der Waals surface area contributed by atoms with Crippen LogP contribution in [-0.2, 0) is 107 Å². The Labute approximate surface area is 723 Å². The average Bonchev–Trinajstić information content (AvgIpc) is 1.65. The van der Waals surface area contributed by atoms with Gasteiger partial charge in [0.05, 0.1) is 43.9 Å². The highest BCUT2D eigenvalue weighted by atomic mass is 16.4. The van der Waals surface area contributed by atoms with Gasteiger partial charge in [-0.15, -0.1) is 0 Å². The molecule has 0 bridgehead atoms. The molecule has 1 aliphatic heterocycles. The van der Waals surface area contributed by atoms with Gasteiger partial charge in [0.1, 0.15) is 84.6 Å². The van der Waals surface area contributed by atoms with E-state index in [4.69, 9.17) is 51.0 Å². The van der Waals surface area contributed by atoms with Gasteiger partial charge in [-0.2, -0.15) is 0 Å². The molecule has 0 unspecified atom stereocenters. The van der Waals surface area contributed by atoms with Gasteiger partial charge in [-0.05, 0) is 88.9 Å². The minimum Gasteiger partial charge on any atom is -0.481 e. The monoisotopic (exact) mass is 1790 g/mol. The van der Waals surface area contributed by atoms with Crippen LogP contribution in [0.15, 0.2) is 12.5 Å². The molecule has 36 N–H and O–H groups in total. The maximum absolute atomic E-state index is 14.7. The summed E-state index contributed by atoms with van der Waals surface area (Å²) in [6, 6.07) is -25.7. The number of nitrogens with one attached hydrogen (secondary N) is 18. The lowest BCUT2D eigenvalue weighted by Gasteiger charge is -2.31. The molecule has 52 nitrogen and oxygen atoms in total. The predicted molar refractivity (Wildman–Crippen MR) is 441 cm³/mol. The van der Waals surface area contributed by atoms with Crippen LogP contribution in [0.3, 0.4) is 0 Å². The lowest BCUT2D eigenvalue weighted by Crippen LogP contribution is -2.62. The topological polar surface area (TPSA) is 882 Å². The number of carboxylic acids is 3. The minimum absolute atomic E-state index is 0.00969. The quantitative estimate of drug-likeness (QED) is 0.0164. The van der Waals surface area contributed by atoms with Gasteiger partial charge >= 0.3 is 17.9 Å². The first kappa shape index (κ1) is 109. The Kier molecular flexibility index (Phi) is 47.3. The van der Waals surface area contributed by atoms with Crippen molar-refractivity contribution >= 4 is 136 Å². The third-order valence-electron chi connectivity index (χ3n) is 19.9. The number of guanidine groups is 2. The maximum Gasteiger partial charge on any atom is 0.326 e. The summed E-state index contributed by atoms with van der Waals surface area (Å²) >= 11 is 0. The third kappa shape index (κ3) is 39.8. The van der Waals surface area contributed by atoms with Crippen molar-refractivity contribution in [1.29, 1.82) is 10.8 Å². The third-order valence-corrected chi connectivity index (χ3v) is 19.9. The number of aromatic nitrogens is 2. The first-order valence-electron chi connectivity index (χ1n) is 40.6. The van der Waals surface area contributed by atoms with Crippen LogP contribution in [0.2, 0.25) is 0 Å². The average molecular weight is 1790 g/mol. The van der Waals surface area contributed by atoms with Crippen LogP contribution >= 0.6 is 0 Å². The van der Waals surface area contributed by atoms with Crippen LogP contribution in [0.4, 0.5) is 0 Å². The molecule has 0 aromatic carbocycles. The number of aliphatic carboxylic acids is 3. The van der Waals surface area contributed by atoms with Crippen molar-refractivity contribution in [2.45, 2.75) is 261 Å². The van der Waals surface area contributed by atoms with Crippen molar-refractivity contribution < 1.29 is 121 Å². The molecule has 126 heavy (non-hydrogen) atoms. The fourth-order valence-corrected chi connectivity index (χ4v) is 12.5. The number of carbonyl (C=O) groups excluding carboxylic acids is 18. The summed E-state index contributed by atoms with van der Waals surface area (Å²) in [5.74, 6) is -28.0. The van der Waals surface area contributed by atoms with E-state index < -0.39 is 284 Å². The molecule has 18 amide bonds. The van der Waals surface area contributed by atoms with E-state index in [1.165, 1.54) is 26.4 Å². The van der Waals surface area contributed by atoms with E-state index in [-0.39, 0.29) is 114 Å². The number of imidazole rings is 1. The number of nitrogens with two attached hydrogens (primary N) is 7. The zero-order valence-electron chi connectivity index (χ0n) is 71.1. The predicted octanol–water partition coefficient (Wildman–Crippen LogP) is -11.0. The van der Waals surface area contributed by atoms with E-state index in [1.54, 1.807) is 34.6 Å². The number of aliphatic hydroxyl groups excluding tert-OH is 1. The number of nitrogens with zero attached hydrogens (tertiary/aromatic N) is 2.